The van der Waals surface area contributed by atoms with Gasteiger partial charge in [0.05, 0.1) is 12.2 Å². The molecule has 0 radical (unpaired) electrons. The van der Waals surface area contributed by atoms with Gasteiger partial charge in [0.25, 0.3) is 0 Å². The highest BCUT2D eigenvalue weighted by Gasteiger charge is 2.30. The molecule has 8 heteroatoms. The largest absolute Gasteiger partial charge is 0.459 e. The van der Waals surface area contributed by atoms with Gasteiger partial charge in [-0.25, -0.2) is 4.79 Å². The number of rotatable bonds is 6. The van der Waals surface area contributed by atoms with Crippen molar-refractivity contribution in [3.05, 3.63) is 41.6 Å². The van der Waals surface area contributed by atoms with Crippen LogP contribution in [-0.2, 0) is 20.4 Å². The van der Waals surface area contributed by atoms with Crippen LogP contribution < -0.4 is 5.32 Å². The van der Waals surface area contributed by atoms with Crippen LogP contribution >= 0.6 is 0 Å². The van der Waals surface area contributed by atoms with Crippen LogP contribution in [0.25, 0.3) is 0 Å². The van der Waals surface area contributed by atoms with E-state index in [0.717, 1.165) is 18.3 Å². The van der Waals surface area contributed by atoms with Crippen LogP contribution in [0.15, 0.2) is 36.0 Å². The third kappa shape index (κ3) is 5.46. The Balaban J connectivity index is 2.77. The molecule has 0 aromatic heterocycles. The summed E-state index contributed by atoms with van der Waals surface area (Å²) < 4.78 is 47.1. The summed E-state index contributed by atoms with van der Waals surface area (Å²) >= 11 is 0. The normalized spacial score (nSPS) is 11.7. The minimum Gasteiger partial charge on any atom is -0.459 e. The van der Waals surface area contributed by atoms with Crippen molar-refractivity contribution in [2.45, 2.75) is 6.18 Å². The van der Waals surface area contributed by atoms with Crippen LogP contribution in [0.5, 0.6) is 0 Å². The minimum absolute atomic E-state index is 0.0298. The van der Waals surface area contributed by atoms with Crippen molar-refractivity contribution >= 4 is 11.7 Å². The van der Waals surface area contributed by atoms with Gasteiger partial charge in [0.15, 0.2) is 5.57 Å². The number of nitriles is 1. The van der Waals surface area contributed by atoms with Crippen LogP contribution in [0.4, 0.5) is 18.9 Å². The first-order chi connectivity index (χ1) is 10.4. The van der Waals surface area contributed by atoms with Crippen LogP contribution in [-0.4, -0.2) is 26.3 Å². The Kier molecular flexibility index (Phi) is 6.41. The summed E-state index contributed by atoms with van der Waals surface area (Å²) in [6, 6.07) is 5.97. The predicted molar refractivity (Wildman–Crippen MR) is 71.6 cm³/mol. The lowest BCUT2D eigenvalue weighted by molar-refractivity contribution is -0.140. The number of benzene rings is 1. The number of nitrogens with one attached hydrogen (secondary N) is 1. The molecule has 5 nitrogen and oxygen atoms in total. The predicted octanol–water partition coefficient (Wildman–Crippen LogP) is 2.71. The average molecular weight is 314 g/mol. The molecule has 0 bridgehead atoms. The van der Waals surface area contributed by atoms with Gasteiger partial charge in [-0.2, -0.15) is 18.4 Å². The van der Waals surface area contributed by atoms with Gasteiger partial charge in [0.2, 0.25) is 0 Å². The van der Waals surface area contributed by atoms with E-state index in [4.69, 9.17) is 10.00 Å². The van der Waals surface area contributed by atoms with Gasteiger partial charge in [-0.1, -0.05) is 6.07 Å². The van der Waals surface area contributed by atoms with Gasteiger partial charge in [0, 0.05) is 19.0 Å². The molecule has 1 N–H and O–H groups in total. The number of hydrogen-bond donors (Lipinski definition) is 1. The molecule has 0 unspecified atom stereocenters. The van der Waals surface area contributed by atoms with Crippen molar-refractivity contribution in [1.82, 2.24) is 0 Å². The van der Waals surface area contributed by atoms with Gasteiger partial charge in [-0.15, -0.1) is 0 Å². The molecule has 0 heterocycles. The number of anilines is 1. The summed E-state index contributed by atoms with van der Waals surface area (Å²) in [6.45, 7) is 0.142. The number of ether oxygens (including phenoxy) is 2. The fourth-order valence-corrected chi connectivity index (χ4v) is 1.37. The minimum atomic E-state index is -4.47. The Morgan fingerprint density at radius 3 is 2.73 bits per heavy atom. The first-order valence-electron chi connectivity index (χ1n) is 6.08. The van der Waals surface area contributed by atoms with E-state index in [0.29, 0.717) is 0 Å². The van der Waals surface area contributed by atoms with E-state index in [9.17, 15) is 18.0 Å². The quantitative estimate of drug-likeness (QED) is 0.378. The van der Waals surface area contributed by atoms with E-state index in [1.807, 2.05) is 0 Å². The number of halogens is 3. The molecule has 1 aromatic carbocycles. The smallest absolute Gasteiger partial charge is 0.416 e. The molecule has 0 atom stereocenters. The van der Waals surface area contributed by atoms with Crippen molar-refractivity contribution in [2.75, 3.05) is 25.6 Å². The maximum absolute atomic E-state index is 12.6. The van der Waals surface area contributed by atoms with Crippen LogP contribution in [0, 0.1) is 11.3 Å². The molecular weight excluding hydrogens is 301 g/mol. The Bertz CT molecular complexity index is 592. The lowest BCUT2D eigenvalue weighted by atomic mass is 10.2. The number of esters is 1. The fraction of sp³-hybridized carbons (Fsp3) is 0.286. The highest BCUT2D eigenvalue weighted by atomic mass is 19.4. The molecule has 0 amide bonds. The maximum atomic E-state index is 12.6. The van der Waals surface area contributed by atoms with E-state index in [1.54, 1.807) is 6.07 Å². The monoisotopic (exact) mass is 314 g/mol. The molecule has 0 aliphatic rings. The molecule has 0 saturated carbocycles. The topological polar surface area (TPSA) is 71.3 Å². The summed E-state index contributed by atoms with van der Waals surface area (Å²) in [4.78, 5) is 11.5. The fourth-order valence-electron chi connectivity index (χ4n) is 1.37. The summed E-state index contributed by atoms with van der Waals surface area (Å²) in [7, 11) is 1.42. The molecule has 0 aliphatic heterocycles. The zero-order chi connectivity index (χ0) is 16.6. The first-order valence-corrected chi connectivity index (χ1v) is 6.08. The van der Waals surface area contributed by atoms with Crippen molar-refractivity contribution < 1.29 is 27.4 Å². The lowest BCUT2D eigenvalue weighted by Gasteiger charge is -2.08. The molecule has 0 aliphatic carbocycles. The number of nitrogens with zero attached hydrogens (tertiary/aromatic N) is 1. The third-order valence-electron chi connectivity index (χ3n) is 2.43. The second-order valence-electron chi connectivity index (χ2n) is 4.02. The van der Waals surface area contributed by atoms with E-state index >= 15 is 0 Å². The Labute approximate surface area is 124 Å². The van der Waals surface area contributed by atoms with Crippen molar-refractivity contribution in [1.29, 1.82) is 5.26 Å². The highest BCUT2D eigenvalue weighted by molar-refractivity contribution is 5.93. The van der Waals surface area contributed by atoms with E-state index in [1.165, 1.54) is 19.2 Å². The maximum Gasteiger partial charge on any atom is 0.416 e. The zero-order valence-corrected chi connectivity index (χ0v) is 11.6. The van der Waals surface area contributed by atoms with Gasteiger partial charge in [-0.05, 0) is 18.2 Å². The number of carbonyl (C=O) groups is 1. The molecule has 0 fully saturated rings. The van der Waals surface area contributed by atoms with Gasteiger partial charge < -0.3 is 14.8 Å². The lowest BCUT2D eigenvalue weighted by Crippen LogP contribution is -2.12. The summed E-state index contributed by atoms with van der Waals surface area (Å²) in [6.07, 6.45) is -3.48. The van der Waals surface area contributed by atoms with Crippen LogP contribution in [0.3, 0.4) is 0 Å². The van der Waals surface area contributed by atoms with E-state index in [2.05, 4.69) is 10.1 Å². The number of carbonyl (C=O) groups excluding carboxylic acids is 1. The Morgan fingerprint density at radius 1 is 1.41 bits per heavy atom. The van der Waals surface area contributed by atoms with Crippen molar-refractivity contribution in [3.8, 4) is 6.07 Å². The molecule has 0 spiro atoms. The number of methoxy groups -OCH3 is 1. The zero-order valence-electron chi connectivity index (χ0n) is 11.6. The molecule has 118 valence electrons. The molecule has 1 rings (SSSR count). The van der Waals surface area contributed by atoms with E-state index < -0.39 is 17.7 Å². The van der Waals surface area contributed by atoms with Crippen molar-refractivity contribution in [3.63, 3.8) is 0 Å². The van der Waals surface area contributed by atoms with Crippen molar-refractivity contribution in [2.24, 2.45) is 0 Å². The second kappa shape index (κ2) is 8.05. The Morgan fingerprint density at radius 2 is 2.14 bits per heavy atom. The van der Waals surface area contributed by atoms with E-state index in [-0.39, 0.29) is 24.5 Å². The molecule has 22 heavy (non-hydrogen) atoms. The third-order valence-corrected chi connectivity index (χ3v) is 2.43. The summed E-state index contributed by atoms with van der Waals surface area (Å²) in [5, 5.41) is 11.3. The number of hydrogen-bond acceptors (Lipinski definition) is 5. The number of alkyl halides is 3. The molecular formula is C14H13F3N2O3. The molecule has 0 saturated heterocycles. The summed E-state index contributed by atoms with van der Waals surface area (Å²) in [5.41, 5.74) is -1.12. The summed E-state index contributed by atoms with van der Waals surface area (Å²) in [5.74, 6) is -0.890. The van der Waals surface area contributed by atoms with Crippen LogP contribution in [0.1, 0.15) is 5.56 Å². The first kappa shape index (κ1) is 17.5. The van der Waals surface area contributed by atoms with Gasteiger partial charge >= 0.3 is 12.1 Å². The van der Waals surface area contributed by atoms with Gasteiger partial charge in [0.1, 0.15) is 12.7 Å². The van der Waals surface area contributed by atoms with Crippen LogP contribution in [0.2, 0.25) is 0 Å². The average Bonchev–Trinajstić information content (AvgIpc) is 2.47. The molecule has 1 aromatic rings. The van der Waals surface area contributed by atoms with Gasteiger partial charge in [-0.3, -0.25) is 0 Å². The second-order valence-corrected chi connectivity index (χ2v) is 4.02. The highest BCUT2D eigenvalue weighted by Crippen LogP contribution is 2.30. The SMILES string of the molecule is COCCOC(=O)/C(C#N)=C/Nc1cccc(C(F)(F)F)c1. The standard InChI is InChI=1S/C14H13F3N2O3/c1-21-5-6-22-13(20)10(8-18)9-19-12-4-2-3-11(7-12)14(15,16)17/h2-4,7,9,19H,5-6H2,1H3/b10-9+. The Hall–Kier alpha value is -2.53.